The standard InChI is InChI=1S/C9H12N4O2/c1-6(3-2-4-10)13-5-7(11)8(12-13)9(14)15/h5-6H,2-3,11H2,1H3,(H,14,15). The summed E-state index contributed by atoms with van der Waals surface area (Å²) in [5.41, 5.74) is 5.48. The molecule has 15 heavy (non-hydrogen) atoms. The third-order valence-corrected chi connectivity index (χ3v) is 2.09. The number of nitriles is 1. The van der Waals surface area contributed by atoms with Crippen LogP contribution in [0.1, 0.15) is 36.3 Å². The Hall–Kier alpha value is -2.03. The summed E-state index contributed by atoms with van der Waals surface area (Å²) in [4.78, 5) is 10.7. The normalized spacial score (nSPS) is 12.0. The van der Waals surface area contributed by atoms with Gasteiger partial charge in [0.2, 0.25) is 0 Å². The molecule has 0 saturated heterocycles. The minimum atomic E-state index is -1.14. The number of nitrogens with two attached hydrogens (primary N) is 1. The second kappa shape index (κ2) is 4.46. The van der Waals surface area contributed by atoms with Crippen LogP contribution in [-0.2, 0) is 0 Å². The van der Waals surface area contributed by atoms with Gasteiger partial charge in [-0.3, -0.25) is 4.68 Å². The predicted molar refractivity (Wildman–Crippen MR) is 53.2 cm³/mol. The Kier molecular flexibility index (Phi) is 3.29. The lowest BCUT2D eigenvalue weighted by molar-refractivity contribution is 0.0690. The highest BCUT2D eigenvalue weighted by molar-refractivity contribution is 5.91. The molecule has 6 nitrogen and oxygen atoms in total. The molecule has 1 heterocycles. The summed E-state index contributed by atoms with van der Waals surface area (Å²) in [6, 6.07) is 2.00. The van der Waals surface area contributed by atoms with Gasteiger partial charge in [0.1, 0.15) is 0 Å². The maximum Gasteiger partial charge on any atom is 0.358 e. The van der Waals surface area contributed by atoms with Crippen LogP contribution in [0.15, 0.2) is 6.20 Å². The van der Waals surface area contributed by atoms with E-state index in [9.17, 15) is 4.79 Å². The van der Waals surface area contributed by atoms with E-state index < -0.39 is 5.97 Å². The fraction of sp³-hybridized carbons (Fsp3) is 0.444. The van der Waals surface area contributed by atoms with Gasteiger partial charge in [-0.1, -0.05) is 0 Å². The molecule has 6 heteroatoms. The van der Waals surface area contributed by atoms with Crippen molar-refractivity contribution in [1.29, 1.82) is 5.26 Å². The van der Waals surface area contributed by atoms with E-state index in [-0.39, 0.29) is 17.4 Å². The lowest BCUT2D eigenvalue weighted by atomic mass is 10.2. The van der Waals surface area contributed by atoms with E-state index in [1.807, 2.05) is 13.0 Å². The van der Waals surface area contributed by atoms with Crippen molar-refractivity contribution in [3.05, 3.63) is 11.9 Å². The topological polar surface area (TPSA) is 105 Å². The van der Waals surface area contributed by atoms with Crippen molar-refractivity contribution in [2.45, 2.75) is 25.8 Å². The molecule has 0 saturated carbocycles. The molecule has 1 unspecified atom stereocenters. The number of rotatable bonds is 4. The van der Waals surface area contributed by atoms with Gasteiger partial charge in [-0.25, -0.2) is 4.79 Å². The zero-order valence-corrected chi connectivity index (χ0v) is 8.34. The van der Waals surface area contributed by atoms with Crippen molar-refractivity contribution in [2.24, 2.45) is 0 Å². The summed E-state index contributed by atoms with van der Waals surface area (Å²) >= 11 is 0. The Labute approximate surface area is 86.9 Å². The number of carboxylic acids is 1. The van der Waals surface area contributed by atoms with Crippen molar-refractivity contribution in [3.8, 4) is 6.07 Å². The van der Waals surface area contributed by atoms with Gasteiger partial charge in [0.05, 0.1) is 17.8 Å². The highest BCUT2D eigenvalue weighted by Gasteiger charge is 2.15. The Bertz CT molecular complexity index is 405. The largest absolute Gasteiger partial charge is 0.476 e. The van der Waals surface area contributed by atoms with Crippen molar-refractivity contribution < 1.29 is 9.90 Å². The number of carbonyl (C=O) groups is 1. The van der Waals surface area contributed by atoms with Crippen LogP contribution in [0.2, 0.25) is 0 Å². The Morgan fingerprint density at radius 2 is 2.53 bits per heavy atom. The second-order valence-corrected chi connectivity index (χ2v) is 3.26. The van der Waals surface area contributed by atoms with E-state index in [4.69, 9.17) is 16.1 Å². The lowest BCUT2D eigenvalue weighted by Crippen LogP contribution is -2.07. The minimum absolute atomic E-state index is 0.0277. The summed E-state index contributed by atoms with van der Waals surface area (Å²) in [7, 11) is 0. The molecule has 1 atom stereocenters. The van der Waals surface area contributed by atoms with Crippen molar-refractivity contribution >= 4 is 11.7 Å². The number of carboxylic acid groups (broad SMARTS) is 1. The summed E-state index contributed by atoms with van der Waals surface area (Å²) in [6.07, 6.45) is 2.51. The number of hydrogen-bond donors (Lipinski definition) is 2. The first-order chi connectivity index (χ1) is 7.06. The highest BCUT2D eigenvalue weighted by Crippen LogP contribution is 2.16. The van der Waals surface area contributed by atoms with Crippen molar-refractivity contribution in [3.63, 3.8) is 0 Å². The highest BCUT2D eigenvalue weighted by atomic mass is 16.4. The van der Waals surface area contributed by atoms with E-state index in [2.05, 4.69) is 5.10 Å². The zero-order chi connectivity index (χ0) is 11.4. The van der Waals surface area contributed by atoms with Crippen LogP contribution in [0.3, 0.4) is 0 Å². The van der Waals surface area contributed by atoms with Gasteiger partial charge in [0.15, 0.2) is 5.69 Å². The summed E-state index contributed by atoms with van der Waals surface area (Å²) in [5.74, 6) is -1.14. The molecule has 3 N–H and O–H groups in total. The first-order valence-corrected chi connectivity index (χ1v) is 4.51. The molecular formula is C9H12N4O2. The first-order valence-electron chi connectivity index (χ1n) is 4.51. The van der Waals surface area contributed by atoms with E-state index in [1.165, 1.54) is 10.9 Å². The van der Waals surface area contributed by atoms with Gasteiger partial charge < -0.3 is 10.8 Å². The molecule has 0 aromatic carbocycles. The fourth-order valence-electron chi connectivity index (χ4n) is 1.20. The zero-order valence-electron chi connectivity index (χ0n) is 8.34. The molecule has 0 bridgehead atoms. The van der Waals surface area contributed by atoms with Crippen LogP contribution in [-0.4, -0.2) is 20.9 Å². The summed E-state index contributed by atoms with van der Waals surface area (Å²) < 4.78 is 1.48. The van der Waals surface area contributed by atoms with Crippen molar-refractivity contribution in [1.82, 2.24) is 9.78 Å². The Morgan fingerprint density at radius 3 is 3.00 bits per heavy atom. The van der Waals surface area contributed by atoms with Gasteiger partial charge >= 0.3 is 5.97 Å². The number of aromatic nitrogens is 2. The van der Waals surface area contributed by atoms with Crippen LogP contribution in [0, 0.1) is 11.3 Å². The SMILES string of the molecule is CC(CCC#N)n1cc(N)c(C(=O)O)n1. The van der Waals surface area contributed by atoms with Gasteiger partial charge in [0, 0.05) is 12.6 Å². The van der Waals surface area contributed by atoms with Crippen LogP contribution in [0.4, 0.5) is 5.69 Å². The molecule has 1 aromatic heterocycles. The summed E-state index contributed by atoms with van der Waals surface area (Å²) in [5, 5.41) is 21.0. The molecule has 0 aliphatic heterocycles. The van der Waals surface area contributed by atoms with Gasteiger partial charge in [-0.15, -0.1) is 0 Å². The number of hydrogen-bond acceptors (Lipinski definition) is 4. The maximum absolute atomic E-state index is 10.7. The fourth-order valence-corrected chi connectivity index (χ4v) is 1.20. The molecule has 0 spiro atoms. The van der Waals surface area contributed by atoms with E-state index in [0.29, 0.717) is 12.8 Å². The molecular weight excluding hydrogens is 196 g/mol. The van der Waals surface area contributed by atoms with Crippen molar-refractivity contribution in [2.75, 3.05) is 5.73 Å². The third-order valence-electron chi connectivity index (χ3n) is 2.09. The quantitative estimate of drug-likeness (QED) is 0.768. The third kappa shape index (κ3) is 2.47. The molecule has 0 radical (unpaired) electrons. The van der Waals surface area contributed by atoms with Gasteiger partial charge in [-0.05, 0) is 13.3 Å². The van der Waals surface area contributed by atoms with Crippen LogP contribution in [0.5, 0.6) is 0 Å². The van der Waals surface area contributed by atoms with E-state index in [0.717, 1.165) is 0 Å². The van der Waals surface area contributed by atoms with Gasteiger partial charge in [0.25, 0.3) is 0 Å². The number of nitrogens with zero attached hydrogens (tertiary/aromatic N) is 3. The van der Waals surface area contributed by atoms with Crippen LogP contribution < -0.4 is 5.73 Å². The predicted octanol–water partition coefficient (Wildman–Crippen LogP) is 1.03. The van der Waals surface area contributed by atoms with E-state index >= 15 is 0 Å². The summed E-state index contributed by atoms with van der Waals surface area (Å²) in [6.45, 7) is 1.86. The molecule has 80 valence electrons. The number of aromatic carboxylic acids is 1. The molecule has 1 rings (SSSR count). The first kappa shape index (κ1) is 11.0. The lowest BCUT2D eigenvalue weighted by Gasteiger charge is -2.08. The van der Waals surface area contributed by atoms with Gasteiger partial charge in [-0.2, -0.15) is 10.4 Å². The van der Waals surface area contributed by atoms with Crippen LogP contribution >= 0.6 is 0 Å². The minimum Gasteiger partial charge on any atom is -0.476 e. The number of anilines is 1. The molecule has 0 fully saturated rings. The maximum atomic E-state index is 10.7. The molecule has 1 aromatic rings. The average molecular weight is 208 g/mol. The van der Waals surface area contributed by atoms with Crippen LogP contribution in [0.25, 0.3) is 0 Å². The number of nitrogen functional groups attached to an aromatic ring is 1. The average Bonchev–Trinajstić information content (AvgIpc) is 2.56. The monoisotopic (exact) mass is 208 g/mol. The Balaban J connectivity index is 2.83. The molecule has 0 aliphatic rings. The second-order valence-electron chi connectivity index (χ2n) is 3.26. The molecule has 0 aliphatic carbocycles. The Morgan fingerprint density at radius 1 is 1.87 bits per heavy atom. The smallest absolute Gasteiger partial charge is 0.358 e. The van der Waals surface area contributed by atoms with E-state index in [1.54, 1.807) is 0 Å². The molecule has 0 amide bonds.